The Bertz CT molecular complexity index is 742. The summed E-state index contributed by atoms with van der Waals surface area (Å²) in [6.45, 7) is 5.96. The van der Waals surface area contributed by atoms with E-state index in [1.165, 1.54) is 5.56 Å². The van der Waals surface area contributed by atoms with Gasteiger partial charge in [-0.2, -0.15) is 0 Å². The highest BCUT2D eigenvalue weighted by Crippen LogP contribution is 2.23. The van der Waals surface area contributed by atoms with Crippen molar-refractivity contribution in [3.05, 3.63) is 65.7 Å². The number of nitrogens with two attached hydrogens (primary N) is 1. The number of amides is 1. The van der Waals surface area contributed by atoms with E-state index in [0.29, 0.717) is 0 Å². The van der Waals surface area contributed by atoms with Gasteiger partial charge >= 0.3 is 0 Å². The van der Waals surface area contributed by atoms with Crippen molar-refractivity contribution in [3.63, 3.8) is 0 Å². The van der Waals surface area contributed by atoms with Crippen LogP contribution in [-0.2, 0) is 11.3 Å². The number of ether oxygens (including phenoxy) is 1. The predicted octanol–water partition coefficient (Wildman–Crippen LogP) is 2.68. The van der Waals surface area contributed by atoms with Gasteiger partial charge in [-0.3, -0.25) is 9.69 Å². The summed E-state index contributed by atoms with van der Waals surface area (Å²) in [7, 11) is 1.70. The van der Waals surface area contributed by atoms with Crippen molar-refractivity contribution in [3.8, 4) is 5.75 Å². The van der Waals surface area contributed by atoms with E-state index < -0.39 is 0 Å². The van der Waals surface area contributed by atoms with Crippen LogP contribution in [0.5, 0.6) is 5.75 Å². The lowest BCUT2D eigenvalue weighted by Gasteiger charge is -2.37. The second kappa shape index (κ2) is 9.02. The van der Waals surface area contributed by atoms with E-state index in [9.17, 15) is 4.79 Å². The first kappa shape index (κ1) is 19.4. The molecule has 2 N–H and O–H groups in total. The van der Waals surface area contributed by atoms with E-state index in [-0.39, 0.29) is 17.9 Å². The summed E-state index contributed by atoms with van der Waals surface area (Å²) in [5.41, 5.74) is 8.52. The standard InChI is InChI=1S/C22H29N3O2/c1-17(21(23)18-8-4-3-5-9-18)22(26)25-14-12-24(13-15-25)16-19-10-6-7-11-20(19)27-2/h3-11,17,21H,12-16,23H2,1-2H3. The van der Waals surface area contributed by atoms with E-state index in [2.05, 4.69) is 11.0 Å². The predicted molar refractivity (Wildman–Crippen MR) is 107 cm³/mol. The fourth-order valence-electron chi connectivity index (χ4n) is 3.61. The molecule has 5 heteroatoms. The van der Waals surface area contributed by atoms with Crippen molar-refractivity contribution < 1.29 is 9.53 Å². The minimum Gasteiger partial charge on any atom is -0.496 e. The van der Waals surface area contributed by atoms with Gasteiger partial charge in [-0.05, 0) is 11.6 Å². The summed E-state index contributed by atoms with van der Waals surface area (Å²) < 4.78 is 5.44. The molecular weight excluding hydrogens is 338 g/mol. The van der Waals surface area contributed by atoms with Gasteiger partial charge in [0.2, 0.25) is 5.91 Å². The highest BCUT2D eigenvalue weighted by atomic mass is 16.5. The summed E-state index contributed by atoms with van der Waals surface area (Å²) in [5.74, 6) is 0.829. The lowest BCUT2D eigenvalue weighted by Crippen LogP contribution is -2.50. The van der Waals surface area contributed by atoms with Gasteiger partial charge in [0.05, 0.1) is 13.0 Å². The SMILES string of the molecule is COc1ccccc1CN1CCN(C(=O)C(C)C(N)c2ccccc2)CC1. The number of hydrogen-bond donors (Lipinski definition) is 1. The van der Waals surface area contributed by atoms with Crippen LogP contribution in [0.15, 0.2) is 54.6 Å². The zero-order valence-corrected chi connectivity index (χ0v) is 16.2. The maximum Gasteiger partial charge on any atom is 0.227 e. The van der Waals surface area contributed by atoms with Gasteiger partial charge < -0.3 is 15.4 Å². The molecule has 0 aromatic heterocycles. The molecule has 0 bridgehead atoms. The molecule has 1 heterocycles. The van der Waals surface area contributed by atoms with E-state index in [1.807, 2.05) is 60.4 Å². The van der Waals surface area contributed by atoms with Crippen molar-refractivity contribution in [1.82, 2.24) is 9.80 Å². The molecule has 1 aliphatic rings. The van der Waals surface area contributed by atoms with Crippen LogP contribution >= 0.6 is 0 Å². The highest BCUT2D eigenvalue weighted by Gasteiger charge is 2.29. The highest BCUT2D eigenvalue weighted by molar-refractivity contribution is 5.79. The van der Waals surface area contributed by atoms with Gasteiger partial charge in [-0.1, -0.05) is 55.5 Å². The maximum absolute atomic E-state index is 12.9. The summed E-state index contributed by atoms with van der Waals surface area (Å²) in [6, 6.07) is 17.7. The van der Waals surface area contributed by atoms with Crippen molar-refractivity contribution >= 4 is 5.91 Å². The van der Waals surface area contributed by atoms with Gasteiger partial charge in [0.1, 0.15) is 5.75 Å². The third kappa shape index (κ3) is 4.67. The minimum atomic E-state index is -0.273. The number of benzene rings is 2. The Kier molecular flexibility index (Phi) is 6.48. The molecule has 2 aromatic rings. The third-order valence-electron chi connectivity index (χ3n) is 5.38. The largest absolute Gasteiger partial charge is 0.496 e. The molecule has 3 rings (SSSR count). The first-order chi connectivity index (χ1) is 13.1. The quantitative estimate of drug-likeness (QED) is 0.853. The van der Waals surface area contributed by atoms with Crippen LogP contribution in [0.25, 0.3) is 0 Å². The Morgan fingerprint density at radius 1 is 1.04 bits per heavy atom. The Hall–Kier alpha value is -2.37. The molecule has 1 aliphatic heterocycles. The van der Waals surface area contributed by atoms with E-state index in [0.717, 1.165) is 44.0 Å². The number of piperazine rings is 1. The van der Waals surface area contributed by atoms with Crippen LogP contribution < -0.4 is 10.5 Å². The summed E-state index contributed by atoms with van der Waals surface area (Å²) in [6.07, 6.45) is 0. The number of para-hydroxylation sites is 1. The van der Waals surface area contributed by atoms with Crippen LogP contribution in [0, 0.1) is 5.92 Å². The number of carbonyl (C=O) groups is 1. The van der Waals surface area contributed by atoms with E-state index in [1.54, 1.807) is 7.11 Å². The Morgan fingerprint density at radius 3 is 2.33 bits per heavy atom. The Morgan fingerprint density at radius 2 is 1.67 bits per heavy atom. The fraction of sp³-hybridized carbons (Fsp3) is 0.409. The van der Waals surface area contributed by atoms with Gasteiger partial charge in [-0.25, -0.2) is 0 Å². The number of methoxy groups -OCH3 is 1. The van der Waals surface area contributed by atoms with Crippen molar-refractivity contribution in [2.24, 2.45) is 11.7 Å². The third-order valence-corrected chi connectivity index (χ3v) is 5.38. The van der Waals surface area contributed by atoms with Crippen LogP contribution in [0.3, 0.4) is 0 Å². The van der Waals surface area contributed by atoms with E-state index >= 15 is 0 Å². The topological polar surface area (TPSA) is 58.8 Å². The first-order valence-corrected chi connectivity index (χ1v) is 9.53. The molecule has 0 aliphatic carbocycles. The normalized spacial score (nSPS) is 17.4. The van der Waals surface area contributed by atoms with Crippen LogP contribution in [-0.4, -0.2) is 49.0 Å². The Labute approximate surface area is 161 Å². The van der Waals surface area contributed by atoms with Crippen LogP contribution in [0.1, 0.15) is 24.1 Å². The van der Waals surface area contributed by atoms with Crippen molar-refractivity contribution in [2.75, 3.05) is 33.3 Å². The van der Waals surface area contributed by atoms with Crippen LogP contribution in [0.4, 0.5) is 0 Å². The van der Waals surface area contributed by atoms with Gasteiger partial charge in [0.15, 0.2) is 0 Å². The molecule has 2 atom stereocenters. The first-order valence-electron chi connectivity index (χ1n) is 9.53. The molecule has 1 saturated heterocycles. The molecule has 1 fully saturated rings. The minimum absolute atomic E-state index is 0.142. The zero-order chi connectivity index (χ0) is 19.2. The molecular formula is C22H29N3O2. The van der Waals surface area contributed by atoms with Gasteiger partial charge in [0, 0.05) is 44.3 Å². The lowest BCUT2D eigenvalue weighted by atomic mass is 9.94. The number of rotatable bonds is 6. The summed E-state index contributed by atoms with van der Waals surface area (Å²) >= 11 is 0. The second-order valence-corrected chi connectivity index (χ2v) is 7.14. The monoisotopic (exact) mass is 367 g/mol. The summed E-state index contributed by atoms with van der Waals surface area (Å²) in [4.78, 5) is 17.2. The molecule has 5 nitrogen and oxygen atoms in total. The average molecular weight is 367 g/mol. The average Bonchev–Trinajstić information content (AvgIpc) is 2.73. The number of carbonyl (C=O) groups excluding carboxylic acids is 1. The smallest absolute Gasteiger partial charge is 0.227 e. The van der Waals surface area contributed by atoms with Crippen molar-refractivity contribution in [1.29, 1.82) is 0 Å². The van der Waals surface area contributed by atoms with E-state index in [4.69, 9.17) is 10.5 Å². The lowest BCUT2D eigenvalue weighted by molar-refractivity contribution is -0.137. The number of nitrogens with zero attached hydrogens (tertiary/aromatic N) is 2. The fourth-order valence-corrected chi connectivity index (χ4v) is 3.61. The molecule has 0 spiro atoms. The molecule has 144 valence electrons. The van der Waals surface area contributed by atoms with Crippen molar-refractivity contribution in [2.45, 2.75) is 19.5 Å². The zero-order valence-electron chi connectivity index (χ0n) is 16.2. The molecule has 2 unspecified atom stereocenters. The molecule has 2 aromatic carbocycles. The molecule has 27 heavy (non-hydrogen) atoms. The van der Waals surface area contributed by atoms with Gasteiger partial charge in [-0.15, -0.1) is 0 Å². The molecule has 0 radical (unpaired) electrons. The second-order valence-electron chi connectivity index (χ2n) is 7.14. The number of hydrogen-bond acceptors (Lipinski definition) is 4. The van der Waals surface area contributed by atoms with Gasteiger partial charge in [0.25, 0.3) is 0 Å². The molecule has 1 amide bonds. The maximum atomic E-state index is 12.9. The van der Waals surface area contributed by atoms with Crippen LogP contribution in [0.2, 0.25) is 0 Å². The Balaban J connectivity index is 1.54. The molecule has 0 saturated carbocycles. The summed E-state index contributed by atoms with van der Waals surface area (Å²) in [5, 5.41) is 0.